The van der Waals surface area contributed by atoms with Gasteiger partial charge in [-0.25, -0.2) is 9.67 Å². The van der Waals surface area contributed by atoms with Crippen LogP contribution in [0.25, 0.3) is 21.3 Å². The maximum absolute atomic E-state index is 6.08. The van der Waals surface area contributed by atoms with Crippen molar-refractivity contribution in [2.45, 2.75) is 32.1 Å². The molecule has 0 spiro atoms. The number of ether oxygens (including phenoxy) is 1. The maximum atomic E-state index is 6.08. The molecule has 0 aliphatic heterocycles. The molecule has 0 unspecified atom stereocenters. The summed E-state index contributed by atoms with van der Waals surface area (Å²) in [5.41, 5.74) is 1.69. The van der Waals surface area contributed by atoms with Gasteiger partial charge in [-0.05, 0) is 30.9 Å². The normalized spacial score (nSPS) is 15.3. The van der Waals surface area contributed by atoms with Crippen molar-refractivity contribution in [1.29, 1.82) is 0 Å². The standard InChI is InChI=1S/C20H22N6OS/c1-26-19-15(11-23-26)17(12-22-25-19)27-14-7-8-16-18(9-14)28-20(24-16)21-10-13-5-3-2-4-6-13/h7-9,11-13H,2-6,10H2,1H3,(H,21,24). The molecular formula is C20H22N6OS. The molecule has 3 aromatic heterocycles. The van der Waals surface area contributed by atoms with E-state index in [1.807, 2.05) is 25.2 Å². The molecular weight excluding hydrogens is 372 g/mol. The van der Waals surface area contributed by atoms with Gasteiger partial charge in [-0.15, -0.1) is 5.10 Å². The van der Waals surface area contributed by atoms with Gasteiger partial charge in [0, 0.05) is 19.7 Å². The highest BCUT2D eigenvalue weighted by Crippen LogP contribution is 2.33. The Morgan fingerprint density at radius 2 is 2.11 bits per heavy atom. The summed E-state index contributed by atoms with van der Waals surface area (Å²) in [6.07, 6.45) is 10.1. The van der Waals surface area contributed by atoms with Crippen LogP contribution in [0.1, 0.15) is 32.1 Å². The third-order valence-electron chi connectivity index (χ3n) is 5.35. The first-order valence-corrected chi connectivity index (χ1v) is 10.5. The fourth-order valence-corrected chi connectivity index (χ4v) is 4.71. The molecule has 0 bridgehead atoms. The second-order valence-electron chi connectivity index (χ2n) is 7.35. The summed E-state index contributed by atoms with van der Waals surface area (Å²) in [6, 6.07) is 5.97. The topological polar surface area (TPSA) is 77.8 Å². The molecule has 1 fully saturated rings. The average Bonchev–Trinajstić information content (AvgIpc) is 3.31. The zero-order valence-corrected chi connectivity index (χ0v) is 16.6. The maximum Gasteiger partial charge on any atom is 0.183 e. The number of fused-ring (bicyclic) bond motifs is 2. The highest BCUT2D eigenvalue weighted by Gasteiger charge is 2.14. The predicted molar refractivity (Wildman–Crippen MR) is 111 cm³/mol. The molecule has 0 radical (unpaired) electrons. The van der Waals surface area contributed by atoms with Gasteiger partial charge in [0.1, 0.15) is 5.75 Å². The number of benzene rings is 1. The number of thiazole rings is 1. The number of nitrogens with one attached hydrogen (secondary N) is 1. The summed E-state index contributed by atoms with van der Waals surface area (Å²) in [6.45, 7) is 1.02. The SMILES string of the molecule is Cn1ncc2c(Oc3ccc4nc(NCC5CCCCC5)sc4c3)cnnc21. The lowest BCUT2D eigenvalue weighted by Crippen LogP contribution is -2.16. The van der Waals surface area contributed by atoms with Crippen LogP contribution in [0.5, 0.6) is 11.5 Å². The zero-order valence-electron chi connectivity index (χ0n) is 15.8. The Hall–Kier alpha value is -2.74. The summed E-state index contributed by atoms with van der Waals surface area (Å²) in [7, 11) is 1.84. The Bertz CT molecular complexity index is 1110. The van der Waals surface area contributed by atoms with Gasteiger partial charge in [0.25, 0.3) is 0 Å². The van der Waals surface area contributed by atoms with E-state index in [4.69, 9.17) is 9.72 Å². The second kappa shape index (κ2) is 7.35. The van der Waals surface area contributed by atoms with E-state index in [9.17, 15) is 0 Å². The summed E-state index contributed by atoms with van der Waals surface area (Å²) in [4.78, 5) is 4.71. The molecule has 1 aromatic carbocycles. The Morgan fingerprint density at radius 3 is 3.00 bits per heavy atom. The summed E-state index contributed by atoms with van der Waals surface area (Å²) in [5, 5.41) is 17.7. The molecule has 1 aliphatic rings. The smallest absolute Gasteiger partial charge is 0.183 e. The Balaban J connectivity index is 1.34. The monoisotopic (exact) mass is 394 g/mol. The van der Waals surface area contributed by atoms with Crippen molar-refractivity contribution in [1.82, 2.24) is 25.0 Å². The Morgan fingerprint density at radius 1 is 1.21 bits per heavy atom. The van der Waals surface area contributed by atoms with Gasteiger partial charge in [-0.1, -0.05) is 30.6 Å². The number of aromatic nitrogens is 5. The van der Waals surface area contributed by atoms with Crippen LogP contribution in [0, 0.1) is 5.92 Å². The minimum atomic E-state index is 0.651. The van der Waals surface area contributed by atoms with Crippen molar-refractivity contribution in [2.75, 3.05) is 11.9 Å². The first-order chi connectivity index (χ1) is 13.8. The third kappa shape index (κ3) is 3.40. The van der Waals surface area contributed by atoms with E-state index in [0.717, 1.165) is 38.9 Å². The van der Waals surface area contributed by atoms with Gasteiger partial charge in [0.05, 0.1) is 28.0 Å². The second-order valence-corrected chi connectivity index (χ2v) is 8.38. The lowest BCUT2D eigenvalue weighted by molar-refractivity contribution is 0.373. The predicted octanol–water partition coefficient (Wildman–Crippen LogP) is 4.76. The highest BCUT2D eigenvalue weighted by atomic mass is 32.1. The van der Waals surface area contributed by atoms with Crippen LogP contribution in [0.2, 0.25) is 0 Å². The molecule has 0 saturated heterocycles. The van der Waals surface area contributed by atoms with Gasteiger partial charge < -0.3 is 10.1 Å². The van der Waals surface area contributed by atoms with E-state index < -0.39 is 0 Å². The average molecular weight is 395 g/mol. The Kier molecular flexibility index (Phi) is 4.56. The zero-order chi connectivity index (χ0) is 18.9. The van der Waals surface area contributed by atoms with E-state index >= 15 is 0 Å². The largest absolute Gasteiger partial charge is 0.455 e. The van der Waals surface area contributed by atoms with Crippen molar-refractivity contribution in [3.63, 3.8) is 0 Å². The van der Waals surface area contributed by atoms with Crippen molar-refractivity contribution >= 4 is 37.7 Å². The molecule has 5 rings (SSSR count). The van der Waals surface area contributed by atoms with Crippen LogP contribution in [-0.2, 0) is 7.05 Å². The minimum Gasteiger partial charge on any atom is -0.455 e. The molecule has 1 saturated carbocycles. The number of rotatable bonds is 5. The molecule has 1 aliphatic carbocycles. The van der Waals surface area contributed by atoms with Crippen molar-refractivity contribution in [3.8, 4) is 11.5 Å². The van der Waals surface area contributed by atoms with E-state index in [0.29, 0.717) is 11.4 Å². The van der Waals surface area contributed by atoms with Crippen LogP contribution in [0.3, 0.4) is 0 Å². The van der Waals surface area contributed by atoms with E-state index in [1.165, 1.54) is 32.1 Å². The quantitative estimate of drug-likeness (QED) is 0.526. The van der Waals surface area contributed by atoms with Crippen molar-refractivity contribution in [3.05, 3.63) is 30.6 Å². The highest BCUT2D eigenvalue weighted by molar-refractivity contribution is 7.22. The number of anilines is 1. The lowest BCUT2D eigenvalue weighted by atomic mass is 9.89. The molecule has 144 valence electrons. The Labute approximate surface area is 166 Å². The van der Waals surface area contributed by atoms with E-state index in [-0.39, 0.29) is 0 Å². The molecule has 0 amide bonds. The van der Waals surface area contributed by atoms with Gasteiger partial charge in [0.2, 0.25) is 0 Å². The van der Waals surface area contributed by atoms with Crippen LogP contribution >= 0.6 is 11.3 Å². The van der Waals surface area contributed by atoms with Crippen LogP contribution < -0.4 is 10.1 Å². The van der Waals surface area contributed by atoms with Gasteiger partial charge in [0.15, 0.2) is 16.5 Å². The fraction of sp³-hybridized carbons (Fsp3) is 0.400. The van der Waals surface area contributed by atoms with Crippen molar-refractivity contribution < 1.29 is 4.74 Å². The lowest BCUT2D eigenvalue weighted by Gasteiger charge is -2.21. The van der Waals surface area contributed by atoms with Crippen LogP contribution in [0.4, 0.5) is 5.13 Å². The van der Waals surface area contributed by atoms with Gasteiger partial charge >= 0.3 is 0 Å². The first kappa shape index (κ1) is 17.4. The van der Waals surface area contributed by atoms with E-state index in [2.05, 4.69) is 20.6 Å². The number of hydrogen-bond donors (Lipinski definition) is 1. The van der Waals surface area contributed by atoms with Crippen LogP contribution in [-0.4, -0.2) is 31.5 Å². The molecule has 7 nitrogen and oxygen atoms in total. The molecule has 28 heavy (non-hydrogen) atoms. The third-order valence-corrected chi connectivity index (χ3v) is 6.33. The van der Waals surface area contributed by atoms with Crippen molar-refractivity contribution in [2.24, 2.45) is 13.0 Å². The summed E-state index contributed by atoms with van der Waals surface area (Å²) in [5.74, 6) is 2.19. The van der Waals surface area contributed by atoms with Gasteiger partial charge in [-0.2, -0.15) is 10.2 Å². The first-order valence-electron chi connectivity index (χ1n) is 9.72. The number of aryl methyl sites for hydroxylation is 1. The van der Waals surface area contributed by atoms with Gasteiger partial charge in [-0.3, -0.25) is 0 Å². The summed E-state index contributed by atoms with van der Waals surface area (Å²) >= 11 is 1.67. The molecule has 1 N–H and O–H groups in total. The fourth-order valence-electron chi connectivity index (χ4n) is 3.80. The number of nitrogens with zero attached hydrogens (tertiary/aromatic N) is 5. The number of hydrogen-bond acceptors (Lipinski definition) is 7. The minimum absolute atomic E-state index is 0.651. The van der Waals surface area contributed by atoms with E-state index in [1.54, 1.807) is 28.4 Å². The molecule has 0 atom stereocenters. The van der Waals surface area contributed by atoms with Crippen LogP contribution in [0.15, 0.2) is 30.6 Å². The molecule has 8 heteroatoms. The summed E-state index contributed by atoms with van der Waals surface area (Å²) < 4.78 is 8.87. The molecule has 4 aromatic rings. The molecule has 3 heterocycles.